The highest BCUT2D eigenvalue weighted by atomic mass is 16.3. The summed E-state index contributed by atoms with van der Waals surface area (Å²) in [5, 5.41) is 11.2. The summed E-state index contributed by atoms with van der Waals surface area (Å²) in [5.74, 6) is 0. The first kappa shape index (κ1) is 74.1. The van der Waals surface area contributed by atoms with E-state index in [-0.39, 0.29) is 0 Å². The second-order valence-electron chi connectivity index (χ2n) is 36.7. The van der Waals surface area contributed by atoms with Crippen molar-refractivity contribution in [2.75, 3.05) is 9.80 Å². The van der Waals surface area contributed by atoms with Crippen LogP contribution in [0.25, 0.3) is 199 Å². The molecule has 0 fully saturated rings. The minimum atomic E-state index is -0.675. The molecule has 0 N–H and O–H groups in total. The van der Waals surface area contributed by atoms with Gasteiger partial charge in [-0.25, -0.2) is 0 Å². The molecule has 30 rings (SSSR count). The van der Waals surface area contributed by atoms with Crippen molar-refractivity contribution >= 4 is 144 Å². The fraction of sp³-hybridized carbons (Fsp3) is 0.0156. The van der Waals surface area contributed by atoms with Gasteiger partial charge in [0.15, 0.2) is 5.58 Å². The van der Waals surface area contributed by atoms with Gasteiger partial charge in [-0.05, 0) is 274 Å². The molecule has 0 amide bonds. The monoisotopic (exact) mass is 1720 g/mol. The van der Waals surface area contributed by atoms with E-state index in [0.717, 1.165) is 166 Å². The van der Waals surface area contributed by atoms with Gasteiger partial charge in [0.25, 0.3) is 0 Å². The fourth-order valence-electron chi connectivity index (χ4n) is 24.6. The second-order valence-corrected chi connectivity index (χ2v) is 36.7. The molecule has 0 aliphatic heterocycles. The van der Waals surface area contributed by atoms with Crippen molar-refractivity contribution in [3.05, 3.63) is 506 Å². The molecule has 21 aromatic carbocycles. The molecule has 0 saturated carbocycles. The summed E-state index contributed by atoms with van der Waals surface area (Å²) < 4.78 is 26.1. The molecule has 626 valence electrons. The van der Waals surface area contributed by atoms with E-state index >= 15 is 0 Å². The number of aromatic nitrogens is 2. The zero-order valence-electron chi connectivity index (χ0n) is 72.9. The highest BCUT2D eigenvalue weighted by Gasteiger charge is 2.55. The number of para-hydroxylation sites is 5. The van der Waals surface area contributed by atoms with E-state index < -0.39 is 10.8 Å². The van der Waals surface area contributed by atoms with Crippen molar-refractivity contribution in [1.29, 1.82) is 0 Å². The molecular formula is C128H76N4O3. The van der Waals surface area contributed by atoms with Crippen LogP contribution in [0.5, 0.6) is 0 Å². The molecule has 2 atom stereocenters. The van der Waals surface area contributed by atoms with E-state index in [2.05, 4.69) is 480 Å². The highest BCUT2D eigenvalue weighted by molar-refractivity contribution is 6.21. The maximum Gasteiger partial charge on any atom is 0.159 e. The molecular weight excluding hydrogens is 1640 g/mol. The molecule has 2 unspecified atom stereocenters. The molecule has 7 heteroatoms. The van der Waals surface area contributed by atoms with Gasteiger partial charge >= 0.3 is 0 Å². The normalized spacial score (nSPS) is 14.7. The van der Waals surface area contributed by atoms with Crippen molar-refractivity contribution in [1.82, 2.24) is 9.13 Å². The zero-order valence-corrected chi connectivity index (χ0v) is 72.9. The quantitative estimate of drug-likeness (QED) is 0.129. The Morgan fingerprint density at radius 2 is 0.578 bits per heavy atom. The van der Waals surface area contributed by atoms with Crippen molar-refractivity contribution < 1.29 is 13.3 Å². The van der Waals surface area contributed by atoms with E-state index in [0.29, 0.717) is 0 Å². The lowest BCUT2D eigenvalue weighted by Gasteiger charge is -2.30. The van der Waals surface area contributed by atoms with Crippen LogP contribution in [0.1, 0.15) is 44.5 Å². The lowest BCUT2D eigenvalue weighted by Crippen LogP contribution is -2.26. The van der Waals surface area contributed by atoms with Gasteiger partial charge in [-0.2, -0.15) is 0 Å². The van der Waals surface area contributed by atoms with Gasteiger partial charge in [-0.15, -0.1) is 0 Å². The number of benzene rings is 21. The minimum absolute atomic E-state index is 0.668. The van der Waals surface area contributed by atoms with Crippen molar-refractivity contribution in [3.63, 3.8) is 0 Å². The van der Waals surface area contributed by atoms with Crippen LogP contribution >= 0.6 is 0 Å². The summed E-state index contributed by atoms with van der Waals surface area (Å²) in [6, 6.07) is 171. The Morgan fingerprint density at radius 1 is 0.185 bits per heavy atom. The number of rotatable bonds is 11. The Bertz CT molecular complexity index is 9590. The molecule has 5 heterocycles. The molecule has 0 bridgehead atoms. The van der Waals surface area contributed by atoms with Gasteiger partial charge in [-0.3, -0.25) is 0 Å². The summed E-state index contributed by atoms with van der Waals surface area (Å²) in [4.78, 5) is 4.77. The molecule has 26 aromatic rings. The lowest BCUT2D eigenvalue weighted by molar-refractivity contribution is 0.668. The van der Waals surface area contributed by atoms with Crippen LogP contribution in [-0.4, -0.2) is 9.13 Å². The second kappa shape index (κ2) is 27.9. The molecule has 5 aromatic heterocycles. The van der Waals surface area contributed by atoms with Gasteiger partial charge in [0, 0.05) is 93.7 Å². The Kier molecular flexibility index (Phi) is 15.3. The SMILES string of the molecule is c1ccc(-c2ccc(N(c3ccccc3)c3ccc4c(c3)c3ccccc3n4-c3ccc4c(c3)C3(c5ccccc5-4)c4ccccc4-c4c3ccc3oc5cc(-c6ccc7c8cc(N(c9ccc(-c%10ccccc%10)cc9)c9cccc%10c9oc9ccccc9%10)ccc8n(-c8ccc9c(c8)C8(c%10ccccc%10-9)c9ccccc9-c9c8ccc8oc%10ccccc%10c98)c7c6)ccc5c43)cc2)cc1. The van der Waals surface area contributed by atoms with Crippen LogP contribution < -0.4 is 9.80 Å². The van der Waals surface area contributed by atoms with Gasteiger partial charge in [0.05, 0.1) is 38.6 Å². The summed E-state index contributed by atoms with van der Waals surface area (Å²) >= 11 is 0. The Hall–Kier alpha value is -17.8. The largest absolute Gasteiger partial charge is 0.456 e. The van der Waals surface area contributed by atoms with Crippen LogP contribution in [0.3, 0.4) is 0 Å². The van der Waals surface area contributed by atoms with Gasteiger partial charge in [0.1, 0.15) is 27.9 Å². The maximum atomic E-state index is 7.38. The highest BCUT2D eigenvalue weighted by Crippen LogP contribution is 2.68. The Balaban J connectivity index is 0.589. The molecule has 0 radical (unpaired) electrons. The third kappa shape index (κ3) is 10.2. The van der Waals surface area contributed by atoms with E-state index in [9.17, 15) is 0 Å². The van der Waals surface area contributed by atoms with E-state index in [4.69, 9.17) is 13.3 Å². The third-order valence-electron chi connectivity index (χ3n) is 30.1. The van der Waals surface area contributed by atoms with Crippen LogP contribution in [0, 0.1) is 0 Å². The summed E-state index contributed by atoms with van der Waals surface area (Å²) in [6.45, 7) is 0. The third-order valence-corrected chi connectivity index (χ3v) is 30.1. The number of anilines is 6. The number of hydrogen-bond donors (Lipinski definition) is 0. The molecule has 7 nitrogen and oxygen atoms in total. The first-order chi connectivity index (χ1) is 66.9. The first-order valence-electron chi connectivity index (χ1n) is 46.6. The average molecular weight is 1720 g/mol. The van der Waals surface area contributed by atoms with Gasteiger partial charge in [0.2, 0.25) is 0 Å². The molecule has 135 heavy (non-hydrogen) atoms. The van der Waals surface area contributed by atoms with Crippen molar-refractivity contribution in [2.24, 2.45) is 0 Å². The Morgan fingerprint density at radius 3 is 1.16 bits per heavy atom. The van der Waals surface area contributed by atoms with E-state index in [1.807, 2.05) is 0 Å². The summed E-state index contributed by atoms with van der Waals surface area (Å²) in [6.07, 6.45) is 0. The summed E-state index contributed by atoms with van der Waals surface area (Å²) in [5.41, 5.74) is 43.3. The topological polar surface area (TPSA) is 55.8 Å². The Labute approximate surface area is 776 Å². The maximum absolute atomic E-state index is 7.38. The minimum Gasteiger partial charge on any atom is -0.456 e. The number of hydrogen-bond acceptors (Lipinski definition) is 5. The average Bonchev–Trinajstić information content (AvgIpc) is 1.50. The number of fused-ring (bicyclic) bond motifs is 37. The van der Waals surface area contributed by atoms with Crippen LogP contribution in [0.15, 0.2) is 474 Å². The standard InChI is InChI=1S/C128H76N4O3/c1-4-25-77(26-5-1)79-47-53-84(54-48-79)129(83-29-8-3-9-30-83)86-59-67-113-102(73-86)94-33-14-21-43-112(94)131(113)88-57-63-92-90-31-10-18-40-105(90)128(110(92)75-88)107-42-20-13-36-99(107)123-109(128)66-70-120-125(123)101-62-52-82(72-121(101)134-120)81-51-61-95-103-74-87(130(85-55-49-80(50-56-85)78-27-6-2-7-28-78)115-44-24-38-97-96-34-15-22-45-117(96)135-126(97)115)60-68-114(103)132(116(95)71-81)89-58-64-93-91-32-11-17-39-104(91)127(111(93)76-89)106-41-19-12-35-98(106)122-108(127)65-69-119-124(122)100-37-16-23-46-118(100)133-119/h1-76H. The predicted molar refractivity (Wildman–Crippen MR) is 555 cm³/mol. The summed E-state index contributed by atoms with van der Waals surface area (Å²) in [7, 11) is 0. The lowest BCUT2D eigenvalue weighted by atomic mass is 9.70. The van der Waals surface area contributed by atoms with Gasteiger partial charge < -0.3 is 32.2 Å². The van der Waals surface area contributed by atoms with Crippen LogP contribution in [0.2, 0.25) is 0 Å². The zero-order chi connectivity index (χ0) is 88.0. The molecule has 4 aliphatic carbocycles. The molecule has 2 spiro atoms. The van der Waals surface area contributed by atoms with Crippen LogP contribution in [0.4, 0.5) is 34.1 Å². The van der Waals surface area contributed by atoms with Crippen molar-refractivity contribution in [3.8, 4) is 89.3 Å². The smallest absolute Gasteiger partial charge is 0.159 e. The van der Waals surface area contributed by atoms with Crippen molar-refractivity contribution in [2.45, 2.75) is 10.8 Å². The van der Waals surface area contributed by atoms with E-state index in [1.54, 1.807) is 0 Å². The van der Waals surface area contributed by atoms with E-state index in [1.165, 1.54) is 111 Å². The molecule has 0 saturated heterocycles. The molecule has 4 aliphatic rings. The first-order valence-corrected chi connectivity index (χ1v) is 46.6. The number of furan rings is 3. The predicted octanol–water partition coefficient (Wildman–Crippen LogP) is 34.2. The fourth-order valence-corrected chi connectivity index (χ4v) is 24.6. The van der Waals surface area contributed by atoms with Gasteiger partial charge in [-0.1, -0.05) is 309 Å². The number of nitrogens with zero attached hydrogens (tertiary/aromatic N) is 4. The van der Waals surface area contributed by atoms with Crippen LogP contribution in [-0.2, 0) is 10.8 Å².